The molecular weight excluding hydrogens is 586 g/mol. The van der Waals surface area contributed by atoms with Gasteiger partial charge >= 0.3 is 5.97 Å². The Kier molecular flexibility index (Phi) is 14.0. The second-order valence-electron chi connectivity index (χ2n) is 11.7. The highest BCUT2D eigenvalue weighted by Crippen LogP contribution is 2.42. The Balaban J connectivity index is 2.04. The van der Waals surface area contributed by atoms with Gasteiger partial charge in [0.1, 0.15) is 23.5 Å². The quantitative estimate of drug-likeness (QED) is 0.174. The fourth-order valence-electron chi connectivity index (χ4n) is 6.14. The number of rotatable bonds is 6. The molecule has 12 nitrogen and oxygen atoms in total. The van der Waals surface area contributed by atoms with Crippen LogP contribution in [0.4, 0.5) is 0 Å². The normalized spacial score (nSPS) is 29.6. The molecule has 6 atom stereocenters. The molecule has 4 rings (SSSR count). The fraction of sp³-hybridized carbons (Fsp3) is 0.576. The third-order valence-electron chi connectivity index (χ3n) is 8.49. The zero-order chi connectivity index (χ0) is 33.1. The zero-order valence-electron chi connectivity index (χ0n) is 26.7. The van der Waals surface area contributed by atoms with Crippen molar-refractivity contribution >= 4 is 11.9 Å². The number of benzene rings is 1. The number of nitrogens with one attached hydrogen (secondary N) is 1. The van der Waals surface area contributed by atoms with Crippen LogP contribution in [0.25, 0.3) is 0 Å². The third-order valence-corrected chi connectivity index (χ3v) is 8.49. The van der Waals surface area contributed by atoms with Crippen molar-refractivity contribution in [1.29, 1.82) is 0 Å². The predicted octanol–water partition coefficient (Wildman–Crippen LogP) is 4.05. The maximum atomic E-state index is 13.5. The molecule has 0 spiro atoms. The molecule has 0 saturated carbocycles. The summed E-state index contributed by atoms with van der Waals surface area (Å²) in [7, 11) is 1.43. The second kappa shape index (κ2) is 17.4. The van der Waals surface area contributed by atoms with Gasteiger partial charge in [-0.1, -0.05) is 32.1 Å². The number of esters is 1. The average Bonchev–Trinajstić information content (AvgIpc) is 3.02. The van der Waals surface area contributed by atoms with Crippen molar-refractivity contribution in [2.75, 3.05) is 20.3 Å². The number of amides is 1. The predicted molar refractivity (Wildman–Crippen MR) is 165 cm³/mol. The molecule has 1 aliphatic carbocycles. The molecule has 12 heteroatoms. The van der Waals surface area contributed by atoms with Crippen molar-refractivity contribution in [2.45, 2.75) is 90.6 Å². The van der Waals surface area contributed by atoms with E-state index in [0.717, 1.165) is 0 Å². The fourth-order valence-corrected chi connectivity index (χ4v) is 6.14. The molecule has 0 fully saturated rings. The molecule has 0 radical (unpaired) electrons. The lowest BCUT2D eigenvalue weighted by molar-refractivity contribution is -0.308. The van der Waals surface area contributed by atoms with Gasteiger partial charge in [-0.25, -0.2) is 14.9 Å². The van der Waals surface area contributed by atoms with Gasteiger partial charge < -0.3 is 34.6 Å². The van der Waals surface area contributed by atoms with Gasteiger partial charge in [0.05, 0.1) is 25.6 Å². The highest BCUT2D eigenvalue weighted by atomic mass is 17.1. The number of aliphatic hydroxyl groups excluding tert-OH is 2. The van der Waals surface area contributed by atoms with E-state index in [1.165, 1.54) is 13.4 Å². The monoisotopic (exact) mass is 633 g/mol. The number of methoxy groups -OCH3 is 1. The summed E-state index contributed by atoms with van der Waals surface area (Å²) in [6.07, 6.45) is 7.62. The molecule has 1 amide bonds. The first-order chi connectivity index (χ1) is 21.6. The Morgan fingerprint density at radius 1 is 1.11 bits per heavy atom. The Bertz CT molecular complexity index is 1260. The van der Waals surface area contributed by atoms with Crippen LogP contribution in [0.5, 0.6) is 11.5 Å². The van der Waals surface area contributed by atoms with Gasteiger partial charge in [0.25, 0.3) is 0 Å². The SMILES string of the molecule is CCOc1c(C)c(OO)c2c3c1C(=O)O/C=C/CCC(OO)[C@H](OC)C(O)[C@H](C)CC(C)/C=C/C=C(/CO)C(=O)NC(CC3)C2. The second-order valence-corrected chi connectivity index (χ2v) is 11.7. The maximum Gasteiger partial charge on any atom is 0.347 e. The van der Waals surface area contributed by atoms with Gasteiger partial charge in [0, 0.05) is 29.9 Å². The zero-order valence-corrected chi connectivity index (χ0v) is 26.7. The summed E-state index contributed by atoms with van der Waals surface area (Å²) in [5, 5.41) is 43.4. The first-order valence-corrected chi connectivity index (χ1v) is 15.4. The van der Waals surface area contributed by atoms with E-state index in [4.69, 9.17) is 19.1 Å². The molecule has 5 N–H and O–H groups in total. The van der Waals surface area contributed by atoms with Gasteiger partial charge in [-0.3, -0.25) is 10.1 Å². The Hall–Kier alpha value is -3.26. The highest BCUT2D eigenvalue weighted by molar-refractivity contribution is 5.97. The molecule has 45 heavy (non-hydrogen) atoms. The molecule has 0 aromatic heterocycles. The van der Waals surface area contributed by atoms with E-state index >= 15 is 0 Å². The van der Waals surface area contributed by atoms with Crippen LogP contribution in [-0.4, -0.2) is 77.3 Å². The van der Waals surface area contributed by atoms with Crippen LogP contribution >= 0.6 is 0 Å². The third kappa shape index (κ3) is 8.93. The average molecular weight is 634 g/mol. The summed E-state index contributed by atoms with van der Waals surface area (Å²) in [5.74, 6) is -0.957. The molecule has 1 aromatic carbocycles. The number of fused-ring (bicyclic) bond motifs is 15. The number of allylic oxidation sites excluding steroid dienone is 4. The van der Waals surface area contributed by atoms with Gasteiger partial charge in [0.2, 0.25) is 5.91 Å². The van der Waals surface area contributed by atoms with Crippen LogP contribution in [0.1, 0.15) is 73.5 Å². The van der Waals surface area contributed by atoms with Crippen LogP contribution in [0, 0.1) is 18.8 Å². The van der Waals surface area contributed by atoms with E-state index < -0.39 is 36.8 Å². The summed E-state index contributed by atoms with van der Waals surface area (Å²) >= 11 is 0. The van der Waals surface area contributed by atoms with Gasteiger partial charge in [0.15, 0.2) is 5.75 Å². The van der Waals surface area contributed by atoms with Crippen molar-refractivity contribution in [1.82, 2.24) is 5.32 Å². The highest BCUT2D eigenvalue weighted by Gasteiger charge is 2.35. The van der Waals surface area contributed by atoms with Gasteiger partial charge in [-0.15, -0.1) is 0 Å². The molecule has 0 saturated heterocycles. The Morgan fingerprint density at radius 2 is 1.87 bits per heavy atom. The van der Waals surface area contributed by atoms with Crippen LogP contribution in [0.3, 0.4) is 0 Å². The van der Waals surface area contributed by atoms with Crippen LogP contribution in [-0.2, 0) is 32.0 Å². The molecule has 1 aromatic rings. The molecule has 2 heterocycles. The van der Waals surface area contributed by atoms with E-state index in [2.05, 4.69) is 10.2 Å². The van der Waals surface area contributed by atoms with Crippen molar-refractivity contribution in [3.05, 3.63) is 58.4 Å². The van der Waals surface area contributed by atoms with E-state index in [9.17, 15) is 30.3 Å². The lowest BCUT2D eigenvalue weighted by Gasteiger charge is -2.31. The lowest BCUT2D eigenvalue weighted by Crippen LogP contribution is -2.43. The summed E-state index contributed by atoms with van der Waals surface area (Å²) in [6, 6.07) is -0.364. The molecule has 3 aliphatic rings. The van der Waals surface area contributed by atoms with Crippen LogP contribution < -0.4 is 14.9 Å². The first-order valence-electron chi connectivity index (χ1n) is 15.4. The minimum Gasteiger partial charge on any atom is -0.493 e. The van der Waals surface area contributed by atoms with Crippen molar-refractivity contribution < 1.29 is 54.3 Å². The summed E-state index contributed by atoms with van der Waals surface area (Å²) in [4.78, 5) is 36.1. The summed E-state index contributed by atoms with van der Waals surface area (Å²) in [5.41, 5.74) is 1.92. The van der Waals surface area contributed by atoms with Crippen LogP contribution in [0.2, 0.25) is 0 Å². The topological polar surface area (TPSA) is 173 Å². The first kappa shape index (κ1) is 36.2. The van der Waals surface area contributed by atoms with E-state index in [1.54, 1.807) is 32.1 Å². The van der Waals surface area contributed by atoms with Crippen molar-refractivity contribution in [3.63, 3.8) is 0 Å². The number of hydrogen-bond donors (Lipinski definition) is 5. The molecular formula is C33H47NO11. The smallest absolute Gasteiger partial charge is 0.347 e. The summed E-state index contributed by atoms with van der Waals surface area (Å²) < 4.78 is 16.8. The standard InChI is InChI=1S/C33H47NO11/c1-6-42-30-21(4)29(45-40)25-17-23-13-14-24(25)27(30)33(38)43-15-8-7-12-26(44-39)31(41-5)28(36)20(3)16-19(2)10-9-11-22(18-35)32(37)34-23/h8-11,15,19-20,23,26,28,31,35-36,39-40H,6-7,12-14,16-18H2,1-5H3,(H,34,37)/b10-9+,15-8+,22-11-/t19?,20-,23?,26?,28?,31+/m1/s1. The number of carbonyl (C=O) groups excluding carboxylic acids is 2. The number of ether oxygens (including phenoxy) is 3. The molecule has 2 aliphatic heterocycles. The largest absolute Gasteiger partial charge is 0.493 e. The lowest BCUT2D eigenvalue weighted by atomic mass is 9.82. The van der Waals surface area contributed by atoms with E-state index in [-0.39, 0.29) is 60.0 Å². The number of aliphatic hydroxyl groups is 2. The molecule has 250 valence electrons. The van der Waals surface area contributed by atoms with E-state index in [0.29, 0.717) is 42.4 Å². The minimum atomic E-state index is -0.960. The summed E-state index contributed by atoms with van der Waals surface area (Å²) in [6.45, 7) is 7.04. The number of hydrogen-bond acceptors (Lipinski definition) is 11. The van der Waals surface area contributed by atoms with Gasteiger partial charge in [-0.05, 0) is 75.8 Å². The Labute approximate surface area is 264 Å². The maximum absolute atomic E-state index is 13.5. The van der Waals surface area contributed by atoms with Crippen LogP contribution in [0.15, 0.2) is 36.1 Å². The molecule has 4 bridgehead atoms. The van der Waals surface area contributed by atoms with Crippen molar-refractivity contribution in [2.24, 2.45) is 11.8 Å². The van der Waals surface area contributed by atoms with E-state index in [1.807, 2.05) is 19.9 Å². The van der Waals surface area contributed by atoms with Crippen molar-refractivity contribution in [3.8, 4) is 11.5 Å². The molecule has 4 unspecified atom stereocenters. The number of carbonyl (C=O) groups is 2. The minimum absolute atomic E-state index is 0.00453. The Morgan fingerprint density at radius 3 is 2.51 bits per heavy atom. The van der Waals surface area contributed by atoms with Gasteiger partial charge in [-0.2, -0.15) is 0 Å².